The second-order valence-corrected chi connectivity index (χ2v) is 7.11. The van der Waals surface area contributed by atoms with Gasteiger partial charge in [0.2, 0.25) is 0 Å². The molecule has 0 unspecified atom stereocenters. The Morgan fingerprint density at radius 1 is 1.06 bits per heavy atom. The van der Waals surface area contributed by atoms with E-state index in [4.69, 9.17) is 0 Å². The lowest BCUT2D eigenvalue weighted by Crippen LogP contribution is -2.43. The lowest BCUT2D eigenvalue weighted by molar-refractivity contribution is 0.204. The first kappa shape index (κ1) is 13.4. The van der Waals surface area contributed by atoms with Crippen molar-refractivity contribution in [3.05, 3.63) is 0 Å². The van der Waals surface area contributed by atoms with E-state index in [1.165, 1.54) is 39.0 Å². The van der Waals surface area contributed by atoms with Crippen LogP contribution in [0.4, 0.5) is 0 Å². The fourth-order valence-electron chi connectivity index (χ4n) is 3.58. The summed E-state index contributed by atoms with van der Waals surface area (Å²) in [6, 6.07) is 0.769. The number of rotatable bonds is 4. The monoisotopic (exact) mass is 238 g/mol. The van der Waals surface area contributed by atoms with E-state index in [2.05, 4.69) is 44.8 Å². The van der Waals surface area contributed by atoms with E-state index in [0.717, 1.165) is 12.0 Å². The van der Waals surface area contributed by atoms with E-state index >= 15 is 0 Å². The van der Waals surface area contributed by atoms with Crippen molar-refractivity contribution in [1.29, 1.82) is 0 Å². The summed E-state index contributed by atoms with van der Waals surface area (Å²) in [5.74, 6) is 0.860. The molecule has 1 heterocycles. The molecule has 0 aromatic rings. The van der Waals surface area contributed by atoms with Crippen LogP contribution in [0, 0.1) is 16.7 Å². The van der Waals surface area contributed by atoms with Gasteiger partial charge >= 0.3 is 0 Å². The first-order chi connectivity index (χ1) is 7.89. The Morgan fingerprint density at radius 3 is 2.00 bits per heavy atom. The highest BCUT2D eigenvalue weighted by molar-refractivity contribution is 5.13. The second kappa shape index (κ2) is 4.55. The fraction of sp³-hybridized carbons (Fsp3) is 1.00. The zero-order valence-corrected chi connectivity index (χ0v) is 12.3. The largest absolute Gasteiger partial charge is 0.314 e. The quantitative estimate of drug-likeness (QED) is 0.810. The Kier molecular flexibility index (Phi) is 3.57. The molecule has 2 rings (SSSR count). The summed E-state index contributed by atoms with van der Waals surface area (Å²) in [6.45, 7) is 16.9. The number of nitrogens with one attached hydrogen (secondary N) is 1. The van der Waals surface area contributed by atoms with Crippen LogP contribution >= 0.6 is 0 Å². The summed E-state index contributed by atoms with van der Waals surface area (Å²) < 4.78 is 0. The van der Waals surface area contributed by atoms with E-state index in [-0.39, 0.29) is 0 Å². The maximum absolute atomic E-state index is 3.81. The summed E-state index contributed by atoms with van der Waals surface area (Å²) in [7, 11) is 0. The van der Waals surface area contributed by atoms with Crippen LogP contribution < -0.4 is 5.32 Å². The number of hydrogen-bond acceptors (Lipinski definition) is 2. The Morgan fingerprint density at radius 2 is 1.59 bits per heavy atom. The van der Waals surface area contributed by atoms with Crippen LogP contribution in [0.2, 0.25) is 0 Å². The van der Waals surface area contributed by atoms with Crippen LogP contribution in [-0.2, 0) is 0 Å². The standard InChI is InChI=1S/C15H30N2/c1-6-17-9-7-12(8-10-17)16-11-13-14(2,3)15(13,4)5/h12-13,16H,6-11H2,1-5H3. The van der Waals surface area contributed by atoms with Crippen LogP contribution in [0.15, 0.2) is 0 Å². The van der Waals surface area contributed by atoms with Gasteiger partial charge in [-0.2, -0.15) is 0 Å². The Hall–Kier alpha value is -0.0800. The van der Waals surface area contributed by atoms with Gasteiger partial charge in [-0.1, -0.05) is 34.6 Å². The van der Waals surface area contributed by atoms with E-state index in [1.54, 1.807) is 0 Å². The van der Waals surface area contributed by atoms with E-state index < -0.39 is 0 Å². The van der Waals surface area contributed by atoms with E-state index in [1.807, 2.05) is 0 Å². The fourth-order valence-corrected chi connectivity index (χ4v) is 3.58. The van der Waals surface area contributed by atoms with Gasteiger partial charge in [0, 0.05) is 6.04 Å². The van der Waals surface area contributed by atoms with Crippen LogP contribution in [-0.4, -0.2) is 37.1 Å². The molecule has 0 spiro atoms. The summed E-state index contributed by atoms with van der Waals surface area (Å²) in [6.07, 6.45) is 2.67. The van der Waals surface area contributed by atoms with Crippen molar-refractivity contribution in [2.75, 3.05) is 26.2 Å². The van der Waals surface area contributed by atoms with Crippen LogP contribution in [0.1, 0.15) is 47.5 Å². The van der Waals surface area contributed by atoms with Gasteiger partial charge < -0.3 is 10.2 Å². The highest BCUT2D eigenvalue weighted by Gasteiger charge is 2.63. The minimum absolute atomic E-state index is 0.532. The van der Waals surface area contributed by atoms with Crippen molar-refractivity contribution in [1.82, 2.24) is 10.2 Å². The van der Waals surface area contributed by atoms with Crippen molar-refractivity contribution < 1.29 is 0 Å². The molecule has 2 nitrogen and oxygen atoms in total. The molecule has 0 radical (unpaired) electrons. The van der Waals surface area contributed by atoms with Crippen molar-refractivity contribution in [2.45, 2.75) is 53.5 Å². The molecular formula is C15H30N2. The molecule has 0 aromatic carbocycles. The van der Waals surface area contributed by atoms with Crippen LogP contribution in [0.5, 0.6) is 0 Å². The van der Waals surface area contributed by atoms with Gasteiger partial charge in [0.15, 0.2) is 0 Å². The number of likely N-dealkylation sites (tertiary alicyclic amines) is 1. The maximum atomic E-state index is 3.81. The smallest absolute Gasteiger partial charge is 0.00915 e. The summed E-state index contributed by atoms with van der Waals surface area (Å²) in [5, 5.41) is 3.81. The maximum Gasteiger partial charge on any atom is 0.00915 e. The molecule has 0 atom stereocenters. The van der Waals surface area contributed by atoms with Crippen molar-refractivity contribution in [3.63, 3.8) is 0 Å². The molecule has 2 fully saturated rings. The van der Waals surface area contributed by atoms with E-state index in [0.29, 0.717) is 10.8 Å². The lowest BCUT2D eigenvalue weighted by Gasteiger charge is -2.31. The topological polar surface area (TPSA) is 15.3 Å². The number of hydrogen-bond donors (Lipinski definition) is 1. The van der Waals surface area contributed by atoms with Gasteiger partial charge in [-0.05, 0) is 55.8 Å². The first-order valence-corrected chi connectivity index (χ1v) is 7.35. The molecule has 0 aromatic heterocycles. The third kappa shape index (κ3) is 2.39. The first-order valence-electron chi connectivity index (χ1n) is 7.35. The zero-order valence-electron chi connectivity index (χ0n) is 12.3. The average Bonchev–Trinajstić information content (AvgIpc) is 2.68. The highest BCUT2D eigenvalue weighted by Crippen LogP contribution is 2.67. The minimum Gasteiger partial charge on any atom is -0.314 e. The summed E-state index contributed by atoms with van der Waals surface area (Å²) >= 11 is 0. The van der Waals surface area contributed by atoms with Crippen LogP contribution in [0.3, 0.4) is 0 Å². The lowest BCUT2D eigenvalue weighted by atomic mass is 10.0. The third-order valence-corrected chi connectivity index (χ3v) is 5.97. The normalized spacial score (nSPS) is 29.5. The van der Waals surface area contributed by atoms with Gasteiger partial charge in [-0.15, -0.1) is 0 Å². The highest BCUT2D eigenvalue weighted by atomic mass is 15.1. The Balaban J connectivity index is 1.71. The van der Waals surface area contributed by atoms with Crippen molar-refractivity contribution in [3.8, 4) is 0 Å². The van der Waals surface area contributed by atoms with Gasteiger partial charge in [-0.3, -0.25) is 0 Å². The van der Waals surface area contributed by atoms with E-state index in [9.17, 15) is 0 Å². The summed E-state index contributed by atoms with van der Waals surface area (Å²) in [5.41, 5.74) is 1.06. The van der Waals surface area contributed by atoms with Gasteiger partial charge in [-0.25, -0.2) is 0 Å². The molecule has 0 amide bonds. The predicted octanol–water partition coefficient (Wildman–Crippen LogP) is 2.74. The molecule has 2 aliphatic rings. The average molecular weight is 238 g/mol. The van der Waals surface area contributed by atoms with Gasteiger partial charge in [0.1, 0.15) is 0 Å². The van der Waals surface area contributed by atoms with Gasteiger partial charge in [0.05, 0.1) is 0 Å². The van der Waals surface area contributed by atoms with Gasteiger partial charge in [0.25, 0.3) is 0 Å². The van der Waals surface area contributed by atoms with Crippen molar-refractivity contribution >= 4 is 0 Å². The molecule has 1 aliphatic carbocycles. The van der Waals surface area contributed by atoms with Crippen LogP contribution in [0.25, 0.3) is 0 Å². The molecule has 1 saturated heterocycles. The molecule has 2 heteroatoms. The second-order valence-electron chi connectivity index (χ2n) is 7.11. The zero-order chi connectivity index (χ0) is 12.7. The molecular weight excluding hydrogens is 208 g/mol. The minimum atomic E-state index is 0.532. The van der Waals surface area contributed by atoms with Crippen molar-refractivity contribution in [2.24, 2.45) is 16.7 Å². The Labute approximate surface area is 107 Å². The molecule has 1 N–H and O–H groups in total. The summed E-state index contributed by atoms with van der Waals surface area (Å²) in [4.78, 5) is 2.56. The molecule has 100 valence electrons. The SMILES string of the molecule is CCN1CCC(NCC2C(C)(C)C2(C)C)CC1. The molecule has 0 bridgehead atoms. The Bertz CT molecular complexity index is 248. The molecule has 1 aliphatic heterocycles. The predicted molar refractivity (Wildman–Crippen MR) is 74.2 cm³/mol. The third-order valence-electron chi connectivity index (χ3n) is 5.97. The number of nitrogens with zero attached hydrogens (tertiary/aromatic N) is 1. The number of piperidine rings is 1. The molecule has 17 heavy (non-hydrogen) atoms. The molecule has 1 saturated carbocycles.